The third-order valence-electron chi connectivity index (χ3n) is 8.29. The lowest BCUT2D eigenvalue weighted by atomic mass is 9.94. The van der Waals surface area contributed by atoms with Crippen LogP contribution >= 0.6 is 23.2 Å². The molecule has 0 heterocycles. The fourth-order valence-corrected chi connectivity index (χ4v) is 7.49. The summed E-state index contributed by atoms with van der Waals surface area (Å²) in [5, 5.41) is 3.50. The molecule has 0 spiro atoms. The Labute approximate surface area is 285 Å². The van der Waals surface area contributed by atoms with Crippen LogP contribution in [0.1, 0.15) is 43.2 Å². The number of hydrogen-bond donors (Lipinski definition) is 1. The molecule has 0 bridgehead atoms. The number of amides is 2. The fourth-order valence-electron chi connectivity index (χ4n) is 5.77. The van der Waals surface area contributed by atoms with Crippen LogP contribution in [0.3, 0.4) is 0 Å². The van der Waals surface area contributed by atoms with Crippen LogP contribution in [-0.2, 0) is 32.6 Å². The van der Waals surface area contributed by atoms with Crippen molar-refractivity contribution in [1.29, 1.82) is 0 Å². The van der Waals surface area contributed by atoms with Gasteiger partial charge in [0.2, 0.25) is 11.8 Å². The highest BCUT2D eigenvalue weighted by Gasteiger charge is 2.35. The molecule has 5 rings (SSSR count). The van der Waals surface area contributed by atoms with Gasteiger partial charge in [-0.1, -0.05) is 103 Å². The van der Waals surface area contributed by atoms with Crippen molar-refractivity contribution in [3.05, 3.63) is 130 Å². The van der Waals surface area contributed by atoms with E-state index in [0.29, 0.717) is 5.56 Å². The van der Waals surface area contributed by atoms with Gasteiger partial charge in [-0.3, -0.25) is 13.9 Å². The Kier molecular flexibility index (Phi) is 11.6. The number of hydrogen-bond acceptors (Lipinski definition) is 4. The van der Waals surface area contributed by atoms with E-state index in [9.17, 15) is 22.4 Å². The number of nitrogens with one attached hydrogen (secondary N) is 1. The zero-order valence-corrected chi connectivity index (χ0v) is 28.0. The predicted octanol–water partition coefficient (Wildman–Crippen LogP) is 7.42. The van der Waals surface area contributed by atoms with Crippen LogP contribution in [0, 0.1) is 5.82 Å². The molecule has 4 aromatic rings. The summed E-state index contributed by atoms with van der Waals surface area (Å²) in [4.78, 5) is 30.1. The molecule has 1 N–H and O–H groups in total. The van der Waals surface area contributed by atoms with Gasteiger partial charge in [0.15, 0.2) is 0 Å². The Morgan fingerprint density at radius 2 is 1.45 bits per heavy atom. The first-order valence-electron chi connectivity index (χ1n) is 15.5. The molecule has 1 fully saturated rings. The van der Waals surface area contributed by atoms with Crippen LogP contribution < -0.4 is 9.62 Å². The van der Waals surface area contributed by atoms with Gasteiger partial charge in [0.1, 0.15) is 18.4 Å². The zero-order chi connectivity index (χ0) is 33.4. The van der Waals surface area contributed by atoms with Gasteiger partial charge in [-0.25, -0.2) is 12.8 Å². The molecule has 0 radical (unpaired) electrons. The Bertz CT molecular complexity index is 1770. The van der Waals surface area contributed by atoms with Gasteiger partial charge in [0, 0.05) is 19.0 Å². The molecule has 246 valence electrons. The van der Waals surface area contributed by atoms with E-state index in [1.54, 1.807) is 30.3 Å². The van der Waals surface area contributed by atoms with E-state index in [1.165, 1.54) is 47.4 Å². The number of carbonyl (C=O) groups is 2. The van der Waals surface area contributed by atoms with E-state index in [0.717, 1.165) is 42.0 Å². The summed E-state index contributed by atoms with van der Waals surface area (Å²) in [5.74, 6) is -1.40. The van der Waals surface area contributed by atoms with Crippen LogP contribution in [0.15, 0.2) is 108 Å². The molecule has 1 atom stereocenters. The lowest BCUT2D eigenvalue weighted by Crippen LogP contribution is -2.55. The minimum atomic E-state index is -4.28. The van der Waals surface area contributed by atoms with Gasteiger partial charge >= 0.3 is 0 Å². The first-order valence-corrected chi connectivity index (χ1v) is 17.7. The lowest BCUT2D eigenvalue weighted by molar-refractivity contribution is -0.140. The minimum Gasteiger partial charge on any atom is -0.352 e. The normalized spacial score (nSPS) is 14.3. The average molecular weight is 697 g/mol. The van der Waals surface area contributed by atoms with Crippen molar-refractivity contribution in [3.63, 3.8) is 0 Å². The second-order valence-corrected chi connectivity index (χ2v) is 14.3. The lowest BCUT2D eigenvalue weighted by Gasteiger charge is -2.35. The summed E-state index contributed by atoms with van der Waals surface area (Å²) in [6, 6.07) is 26.1. The molecular weight excluding hydrogens is 660 g/mol. The standard InChI is InChI=1S/C36H36Cl2FN3O4S/c37-32-21-20-30(23-33(32)38)42(47(45,46)31-14-8-3-9-15-31)25-35(43)41(24-27-16-18-28(39)19-17-27)34(22-26-10-4-1-5-11-26)36(44)40-29-12-6-2-7-13-29/h1,3-5,8-11,14-21,23,29,34H,2,6-7,12-13,22,24-25H2,(H,40,44). The quantitative estimate of drug-likeness (QED) is 0.167. The molecule has 0 saturated heterocycles. The molecule has 7 nitrogen and oxygen atoms in total. The SMILES string of the molecule is O=C(NC1CCCCC1)C(Cc1ccccc1)N(Cc1ccc(F)cc1)C(=O)CN(c1ccc(Cl)c(Cl)c1)S(=O)(=O)c1ccccc1. The number of benzene rings is 4. The third-order valence-corrected chi connectivity index (χ3v) is 10.8. The summed E-state index contributed by atoms with van der Waals surface area (Å²) in [6.45, 7) is -0.701. The number of nitrogens with zero attached hydrogens (tertiary/aromatic N) is 2. The van der Waals surface area contributed by atoms with Gasteiger partial charge in [-0.05, 0) is 66.4 Å². The number of carbonyl (C=O) groups excluding carboxylic acids is 2. The van der Waals surface area contributed by atoms with Crippen molar-refractivity contribution in [1.82, 2.24) is 10.2 Å². The molecule has 1 unspecified atom stereocenters. The van der Waals surface area contributed by atoms with Crippen molar-refractivity contribution in [2.75, 3.05) is 10.8 Å². The van der Waals surface area contributed by atoms with Crippen molar-refractivity contribution in [2.24, 2.45) is 0 Å². The summed E-state index contributed by atoms with van der Waals surface area (Å²) >= 11 is 12.5. The van der Waals surface area contributed by atoms with E-state index in [1.807, 2.05) is 30.3 Å². The summed E-state index contributed by atoms with van der Waals surface area (Å²) < 4.78 is 43.1. The number of halogens is 3. The second kappa shape index (κ2) is 15.8. The molecule has 0 aromatic heterocycles. The maximum atomic E-state index is 14.6. The Hall–Kier alpha value is -3.92. The predicted molar refractivity (Wildman–Crippen MR) is 183 cm³/mol. The Morgan fingerprint density at radius 1 is 0.809 bits per heavy atom. The van der Waals surface area contributed by atoms with Crippen LogP contribution in [0.25, 0.3) is 0 Å². The summed E-state index contributed by atoms with van der Waals surface area (Å²) in [6.07, 6.45) is 4.98. The monoisotopic (exact) mass is 695 g/mol. The van der Waals surface area contributed by atoms with Crippen molar-refractivity contribution >= 4 is 50.7 Å². The van der Waals surface area contributed by atoms with Gasteiger partial charge in [0.25, 0.3) is 10.0 Å². The molecular formula is C36H36Cl2FN3O4S. The maximum absolute atomic E-state index is 14.6. The first kappa shape index (κ1) is 34.4. The number of rotatable bonds is 12. The number of anilines is 1. The van der Waals surface area contributed by atoms with Gasteiger partial charge in [-0.15, -0.1) is 0 Å². The van der Waals surface area contributed by atoms with Gasteiger partial charge in [0.05, 0.1) is 20.6 Å². The molecule has 1 aliphatic carbocycles. The summed E-state index contributed by atoms with van der Waals surface area (Å²) in [5.41, 5.74) is 1.53. The van der Waals surface area contributed by atoms with Crippen molar-refractivity contribution in [2.45, 2.75) is 62.0 Å². The van der Waals surface area contributed by atoms with Crippen molar-refractivity contribution in [3.8, 4) is 0 Å². The van der Waals surface area contributed by atoms with Gasteiger partial charge < -0.3 is 10.2 Å². The molecule has 11 heteroatoms. The highest BCUT2D eigenvalue weighted by molar-refractivity contribution is 7.92. The van der Waals surface area contributed by atoms with Crippen LogP contribution in [0.2, 0.25) is 10.0 Å². The van der Waals surface area contributed by atoms with Crippen LogP contribution in [0.5, 0.6) is 0 Å². The van der Waals surface area contributed by atoms with E-state index < -0.39 is 34.3 Å². The van der Waals surface area contributed by atoms with Crippen LogP contribution in [-0.4, -0.2) is 43.8 Å². The Morgan fingerprint density at radius 3 is 2.09 bits per heavy atom. The average Bonchev–Trinajstić information content (AvgIpc) is 3.08. The zero-order valence-electron chi connectivity index (χ0n) is 25.7. The van der Waals surface area contributed by atoms with E-state index in [4.69, 9.17) is 23.2 Å². The van der Waals surface area contributed by atoms with Gasteiger partial charge in [-0.2, -0.15) is 0 Å². The first-order chi connectivity index (χ1) is 22.6. The molecule has 2 amide bonds. The van der Waals surface area contributed by atoms with E-state index in [-0.39, 0.29) is 45.5 Å². The topological polar surface area (TPSA) is 86.8 Å². The highest BCUT2D eigenvalue weighted by Crippen LogP contribution is 2.31. The molecule has 0 aliphatic heterocycles. The second-order valence-electron chi connectivity index (χ2n) is 11.6. The summed E-state index contributed by atoms with van der Waals surface area (Å²) in [7, 11) is -4.28. The van der Waals surface area contributed by atoms with E-state index >= 15 is 0 Å². The maximum Gasteiger partial charge on any atom is 0.264 e. The smallest absolute Gasteiger partial charge is 0.264 e. The largest absolute Gasteiger partial charge is 0.352 e. The minimum absolute atomic E-state index is 0.0246. The highest BCUT2D eigenvalue weighted by atomic mass is 35.5. The van der Waals surface area contributed by atoms with E-state index in [2.05, 4.69) is 5.32 Å². The molecule has 1 aliphatic rings. The fraction of sp³-hybridized carbons (Fsp3) is 0.278. The molecule has 1 saturated carbocycles. The van der Waals surface area contributed by atoms with Crippen LogP contribution in [0.4, 0.5) is 10.1 Å². The molecule has 47 heavy (non-hydrogen) atoms. The third kappa shape index (κ3) is 8.91. The van der Waals surface area contributed by atoms with Crippen molar-refractivity contribution < 1.29 is 22.4 Å². The number of sulfonamides is 1. The Balaban J connectivity index is 1.56. The molecule has 4 aromatic carbocycles.